The minimum Gasteiger partial charge on any atom is -0.496 e. The van der Waals surface area contributed by atoms with Crippen molar-refractivity contribution < 1.29 is 19.4 Å². The standard InChI is InChI=1S/C27H25N3O5/c1-35-23-9-5-2-6-16(23)14-17-12-13-30-24(17)29-22-15-18(10-11-21(22)26(30)32)28-25(31)19-7-3-4-8-20(19)27(33)34/h2-6,9-11,14-15,19-20H,7-8,12-13H2,1H3,(H,28,31)(H,33,34)/t19-,20+/m0/s1. The van der Waals surface area contributed by atoms with Crippen molar-refractivity contribution in [2.45, 2.75) is 25.8 Å². The van der Waals surface area contributed by atoms with Gasteiger partial charge in [-0.2, -0.15) is 0 Å². The van der Waals surface area contributed by atoms with Crippen molar-refractivity contribution in [3.63, 3.8) is 0 Å². The third-order valence-corrected chi connectivity index (χ3v) is 6.67. The molecule has 2 heterocycles. The van der Waals surface area contributed by atoms with E-state index >= 15 is 0 Å². The Morgan fingerprint density at radius 1 is 1.14 bits per heavy atom. The first-order valence-corrected chi connectivity index (χ1v) is 11.5. The SMILES string of the molecule is COc1ccccc1C=C1CCn2c1nc1cc(NC(=O)[C@H]3CC=CC[C@H]3C(=O)O)ccc1c2=O. The number of fused-ring (bicyclic) bond motifs is 2. The Labute approximate surface area is 201 Å². The summed E-state index contributed by atoms with van der Waals surface area (Å²) in [5, 5.41) is 12.8. The molecular weight excluding hydrogens is 446 g/mol. The number of para-hydroxylation sites is 1. The summed E-state index contributed by atoms with van der Waals surface area (Å²) in [5.74, 6) is -1.40. The highest BCUT2D eigenvalue weighted by Crippen LogP contribution is 2.31. The van der Waals surface area contributed by atoms with E-state index < -0.39 is 17.8 Å². The number of carboxylic acids is 1. The average Bonchev–Trinajstić information content (AvgIpc) is 3.27. The number of nitrogens with one attached hydrogen (secondary N) is 1. The van der Waals surface area contributed by atoms with E-state index in [0.717, 1.165) is 16.9 Å². The van der Waals surface area contributed by atoms with Crippen molar-refractivity contribution in [2.75, 3.05) is 12.4 Å². The van der Waals surface area contributed by atoms with Gasteiger partial charge in [-0.05, 0) is 55.2 Å². The van der Waals surface area contributed by atoms with Gasteiger partial charge in [0.15, 0.2) is 0 Å². The van der Waals surface area contributed by atoms with Gasteiger partial charge in [0, 0.05) is 17.8 Å². The van der Waals surface area contributed by atoms with E-state index in [1.807, 2.05) is 36.4 Å². The lowest BCUT2D eigenvalue weighted by Crippen LogP contribution is -2.34. The minimum absolute atomic E-state index is 0.130. The van der Waals surface area contributed by atoms with Crippen LogP contribution in [0.3, 0.4) is 0 Å². The van der Waals surface area contributed by atoms with Gasteiger partial charge in [0.25, 0.3) is 5.56 Å². The molecule has 178 valence electrons. The summed E-state index contributed by atoms with van der Waals surface area (Å²) in [6, 6.07) is 12.6. The highest BCUT2D eigenvalue weighted by Gasteiger charge is 2.34. The van der Waals surface area contributed by atoms with Gasteiger partial charge in [-0.3, -0.25) is 19.0 Å². The largest absolute Gasteiger partial charge is 0.496 e. The van der Waals surface area contributed by atoms with Crippen molar-refractivity contribution in [2.24, 2.45) is 11.8 Å². The average molecular weight is 472 g/mol. The first-order valence-electron chi connectivity index (χ1n) is 11.5. The summed E-state index contributed by atoms with van der Waals surface area (Å²) in [4.78, 5) is 42.4. The first kappa shape index (κ1) is 22.6. The number of rotatable bonds is 5. The molecule has 8 nitrogen and oxygen atoms in total. The minimum atomic E-state index is -0.979. The Hall–Kier alpha value is -4.20. The molecule has 1 amide bonds. The van der Waals surface area contributed by atoms with Gasteiger partial charge in [-0.15, -0.1) is 0 Å². The predicted molar refractivity (Wildman–Crippen MR) is 133 cm³/mol. The van der Waals surface area contributed by atoms with Crippen molar-refractivity contribution in [3.8, 4) is 5.75 Å². The number of ether oxygens (including phenoxy) is 1. The lowest BCUT2D eigenvalue weighted by Gasteiger charge is -2.24. The molecule has 5 rings (SSSR count). The predicted octanol–water partition coefficient (Wildman–Crippen LogP) is 3.95. The van der Waals surface area contributed by atoms with Crippen LogP contribution in [0.2, 0.25) is 0 Å². The Kier molecular flexibility index (Phi) is 5.94. The van der Waals surface area contributed by atoms with E-state index in [1.165, 1.54) is 0 Å². The molecule has 0 fully saturated rings. The zero-order chi connectivity index (χ0) is 24.5. The van der Waals surface area contributed by atoms with Crippen LogP contribution in [0.25, 0.3) is 22.6 Å². The van der Waals surface area contributed by atoms with Crippen LogP contribution in [0.4, 0.5) is 5.69 Å². The van der Waals surface area contributed by atoms with Gasteiger partial charge in [-0.25, -0.2) is 4.98 Å². The van der Waals surface area contributed by atoms with Crippen molar-refractivity contribution >= 4 is 40.1 Å². The molecule has 2 atom stereocenters. The fourth-order valence-corrected chi connectivity index (χ4v) is 4.82. The lowest BCUT2D eigenvalue weighted by atomic mass is 9.82. The van der Waals surface area contributed by atoms with E-state index in [4.69, 9.17) is 9.72 Å². The van der Waals surface area contributed by atoms with Crippen molar-refractivity contribution in [1.29, 1.82) is 0 Å². The summed E-state index contributed by atoms with van der Waals surface area (Å²) < 4.78 is 7.12. The molecule has 8 heteroatoms. The number of benzene rings is 2. The second-order valence-corrected chi connectivity index (χ2v) is 8.77. The molecule has 0 radical (unpaired) electrons. The molecule has 1 aromatic heterocycles. The second kappa shape index (κ2) is 9.21. The van der Waals surface area contributed by atoms with Crippen LogP contribution in [0.5, 0.6) is 5.75 Å². The van der Waals surface area contributed by atoms with Crippen LogP contribution in [-0.2, 0) is 16.1 Å². The van der Waals surface area contributed by atoms with E-state index in [1.54, 1.807) is 36.0 Å². The van der Waals surface area contributed by atoms with Gasteiger partial charge >= 0.3 is 5.97 Å². The molecule has 0 saturated heterocycles. The number of amides is 1. The third-order valence-electron chi connectivity index (χ3n) is 6.67. The Morgan fingerprint density at radius 3 is 2.69 bits per heavy atom. The summed E-state index contributed by atoms with van der Waals surface area (Å²) >= 11 is 0. The van der Waals surface area contributed by atoms with Crippen LogP contribution in [0, 0.1) is 11.8 Å². The topological polar surface area (TPSA) is 111 Å². The number of hydrogen-bond acceptors (Lipinski definition) is 5. The van der Waals surface area contributed by atoms with Gasteiger partial charge in [-0.1, -0.05) is 30.4 Å². The molecule has 0 spiro atoms. The first-order chi connectivity index (χ1) is 17.0. The molecule has 3 aromatic rings. The van der Waals surface area contributed by atoms with Gasteiger partial charge in [0.1, 0.15) is 11.6 Å². The molecule has 0 unspecified atom stereocenters. The number of carbonyl (C=O) groups excluding carboxylic acids is 1. The molecule has 1 aliphatic carbocycles. The number of allylic oxidation sites excluding steroid dienone is 3. The Morgan fingerprint density at radius 2 is 1.91 bits per heavy atom. The quantitative estimate of drug-likeness (QED) is 0.545. The molecule has 0 bridgehead atoms. The number of aliphatic carboxylic acids is 1. The molecule has 2 aromatic carbocycles. The summed E-state index contributed by atoms with van der Waals surface area (Å²) in [6.45, 7) is 0.544. The van der Waals surface area contributed by atoms with Gasteiger partial charge in [0.2, 0.25) is 5.91 Å². The molecule has 2 aliphatic rings. The van der Waals surface area contributed by atoms with Crippen LogP contribution in [0.1, 0.15) is 30.7 Å². The van der Waals surface area contributed by atoms with E-state index in [2.05, 4.69) is 5.32 Å². The Balaban J connectivity index is 1.48. The van der Waals surface area contributed by atoms with Crippen LogP contribution >= 0.6 is 0 Å². The summed E-state index contributed by atoms with van der Waals surface area (Å²) in [6.07, 6.45) is 7.01. The number of aromatic nitrogens is 2. The Bertz CT molecular complexity index is 1450. The maximum Gasteiger partial charge on any atom is 0.307 e. The number of hydrogen-bond donors (Lipinski definition) is 2. The zero-order valence-electron chi connectivity index (χ0n) is 19.2. The number of carbonyl (C=O) groups is 2. The fourth-order valence-electron chi connectivity index (χ4n) is 4.82. The van der Waals surface area contributed by atoms with Crippen molar-refractivity contribution in [3.05, 3.63) is 76.4 Å². The molecule has 0 saturated carbocycles. The molecule has 35 heavy (non-hydrogen) atoms. The maximum absolute atomic E-state index is 13.2. The molecule has 1 aliphatic heterocycles. The van der Waals surface area contributed by atoms with Gasteiger partial charge < -0.3 is 15.2 Å². The number of anilines is 1. The highest BCUT2D eigenvalue weighted by molar-refractivity contribution is 5.97. The fraction of sp³-hybridized carbons (Fsp3) is 0.259. The lowest BCUT2D eigenvalue weighted by molar-refractivity contribution is -0.146. The van der Waals surface area contributed by atoms with Crippen LogP contribution in [-0.4, -0.2) is 33.6 Å². The van der Waals surface area contributed by atoms with Crippen molar-refractivity contribution in [1.82, 2.24) is 9.55 Å². The number of methoxy groups -OCH3 is 1. The highest BCUT2D eigenvalue weighted by atomic mass is 16.5. The molecular formula is C27H25N3O5. The van der Waals surface area contributed by atoms with E-state index in [0.29, 0.717) is 48.2 Å². The third kappa shape index (κ3) is 4.23. The second-order valence-electron chi connectivity index (χ2n) is 8.77. The normalized spacial score (nSPS) is 20.1. The zero-order valence-corrected chi connectivity index (χ0v) is 19.2. The smallest absolute Gasteiger partial charge is 0.307 e. The van der Waals surface area contributed by atoms with E-state index in [-0.39, 0.29) is 11.5 Å². The number of nitrogens with zero attached hydrogens (tertiary/aromatic N) is 2. The summed E-state index contributed by atoms with van der Waals surface area (Å²) in [7, 11) is 1.62. The monoisotopic (exact) mass is 471 g/mol. The van der Waals surface area contributed by atoms with Gasteiger partial charge in [0.05, 0.1) is 29.8 Å². The summed E-state index contributed by atoms with van der Waals surface area (Å²) in [5.41, 5.74) is 2.66. The van der Waals surface area contributed by atoms with Crippen LogP contribution < -0.4 is 15.6 Å². The molecule has 2 N–H and O–H groups in total. The van der Waals surface area contributed by atoms with E-state index in [9.17, 15) is 19.5 Å². The number of carboxylic acid groups (broad SMARTS) is 1. The maximum atomic E-state index is 13.2. The van der Waals surface area contributed by atoms with Crippen LogP contribution in [0.15, 0.2) is 59.4 Å².